The van der Waals surface area contributed by atoms with Gasteiger partial charge in [0.05, 0.1) is 28.7 Å². The van der Waals surface area contributed by atoms with Crippen LogP contribution in [0.2, 0.25) is 0 Å². The maximum atomic E-state index is 13.7. The van der Waals surface area contributed by atoms with Crippen molar-refractivity contribution in [1.29, 1.82) is 0 Å². The van der Waals surface area contributed by atoms with E-state index in [4.69, 9.17) is 4.74 Å². The van der Waals surface area contributed by atoms with Gasteiger partial charge in [0.15, 0.2) is 0 Å². The second-order valence-corrected chi connectivity index (χ2v) is 9.85. The highest BCUT2D eigenvalue weighted by Gasteiger charge is 2.28. The number of fused-ring (bicyclic) bond motifs is 3. The highest BCUT2D eigenvalue weighted by Crippen LogP contribution is 2.30. The van der Waals surface area contributed by atoms with E-state index in [9.17, 15) is 9.59 Å². The van der Waals surface area contributed by atoms with Gasteiger partial charge in [-0.3, -0.25) is 19.2 Å². The van der Waals surface area contributed by atoms with Crippen LogP contribution in [0.15, 0.2) is 23.1 Å². The molecule has 2 aliphatic rings. The lowest BCUT2D eigenvalue weighted by Gasteiger charge is -2.40. The lowest BCUT2D eigenvalue weighted by molar-refractivity contribution is 0.0511. The Hall–Kier alpha value is -2.71. The van der Waals surface area contributed by atoms with Crippen molar-refractivity contribution in [2.24, 2.45) is 0 Å². The number of hydrogen-bond acceptors (Lipinski definition) is 5. The molecule has 34 heavy (non-hydrogen) atoms. The number of amides is 1. The standard InChI is InChI=1S/C26H35N5O3/c1-4-5-8-29-9-10-30(16-18(29)3)26(33)20-14-21-23(13-17(20)2)28-25(32)22-15-27-31(24(21)22)19-6-11-34-12-7-19/h13-15,18-19H,4-12,16H2,1-3H3,(H,28,32)/t18-/m0/s1. The SMILES string of the molecule is CCCCN1CCN(C(=O)c2cc3c(cc2C)[nH]c(=O)c2cnn(C4CCOCC4)c23)C[C@@H]1C. The number of nitrogens with one attached hydrogen (secondary N) is 1. The molecular formula is C26H35N5O3. The van der Waals surface area contributed by atoms with Crippen molar-refractivity contribution in [3.63, 3.8) is 0 Å². The van der Waals surface area contributed by atoms with Gasteiger partial charge in [-0.25, -0.2) is 0 Å². The normalized spacial score (nSPS) is 20.4. The van der Waals surface area contributed by atoms with E-state index in [0.717, 1.165) is 61.0 Å². The minimum absolute atomic E-state index is 0.0675. The number of rotatable bonds is 5. The number of aromatic amines is 1. The molecule has 8 heteroatoms. The summed E-state index contributed by atoms with van der Waals surface area (Å²) < 4.78 is 7.51. The molecule has 2 fully saturated rings. The van der Waals surface area contributed by atoms with Crippen LogP contribution in [-0.2, 0) is 4.74 Å². The quantitative estimate of drug-likeness (QED) is 0.624. The smallest absolute Gasteiger partial charge is 0.259 e. The predicted molar refractivity (Wildman–Crippen MR) is 134 cm³/mol. The van der Waals surface area contributed by atoms with Gasteiger partial charge in [0.25, 0.3) is 11.5 Å². The summed E-state index contributed by atoms with van der Waals surface area (Å²) in [7, 11) is 0. The monoisotopic (exact) mass is 465 g/mol. The van der Waals surface area contributed by atoms with Gasteiger partial charge in [0.2, 0.25) is 0 Å². The molecule has 0 radical (unpaired) electrons. The zero-order chi connectivity index (χ0) is 23.8. The molecule has 0 bridgehead atoms. The first-order valence-corrected chi connectivity index (χ1v) is 12.6. The van der Waals surface area contributed by atoms with Crippen LogP contribution in [0, 0.1) is 6.92 Å². The second kappa shape index (κ2) is 9.50. The van der Waals surface area contributed by atoms with Crippen LogP contribution in [-0.4, -0.2) is 75.9 Å². The zero-order valence-electron chi connectivity index (χ0n) is 20.5. The van der Waals surface area contributed by atoms with E-state index in [1.807, 2.05) is 28.6 Å². The number of piperazine rings is 1. The molecule has 1 amide bonds. The van der Waals surface area contributed by atoms with Crippen LogP contribution < -0.4 is 5.56 Å². The molecule has 0 aliphatic carbocycles. The van der Waals surface area contributed by atoms with E-state index in [1.165, 1.54) is 12.8 Å². The number of pyridine rings is 1. The zero-order valence-corrected chi connectivity index (χ0v) is 20.5. The van der Waals surface area contributed by atoms with Gasteiger partial charge < -0.3 is 14.6 Å². The third-order valence-corrected chi connectivity index (χ3v) is 7.53. The van der Waals surface area contributed by atoms with Gasteiger partial charge in [-0.2, -0.15) is 5.10 Å². The number of ether oxygens (including phenoxy) is 1. The lowest BCUT2D eigenvalue weighted by Crippen LogP contribution is -2.53. The number of carbonyl (C=O) groups excluding carboxylic acids is 1. The fourth-order valence-electron chi connectivity index (χ4n) is 5.47. The van der Waals surface area contributed by atoms with Crippen molar-refractivity contribution in [2.75, 3.05) is 39.4 Å². The molecule has 0 spiro atoms. The van der Waals surface area contributed by atoms with Crippen molar-refractivity contribution < 1.29 is 9.53 Å². The highest BCUT2D eigenvalue weighted by molar-refractivity contribution is 6.07. The maximum Gasteiger partial charge on any atom is 0.259 e. The van der Waals surface area contributed by atoms with Crippen molar-refractivity contribution in [1.82, 2.24) is 24.6 Å². The minimum Gasteiger partial charge on any atom is -0.381 e. The third-order valence-electron chi connectivity index (χ3n) is 7.53. The van der Waals surface area contributed by atoms with Gasteiger partial charge in [-0.1, -0.05) is 13.3 Å². The number of hydrogen-bond donors (Lipinski definition) is 1. The van der Waals surface area contributed by atoms with E-state index in [2.05, 4.69) is 28.8 Å². The average molecular weight is 466 g/mol. The minimum atomic E-state index is -0.142. The number of unbranched alkanes of at least 4 members (excludes halogenated alkanes) is 1. The highest BCUT2D eigenvalue weighted by atomic mass is 16.5. The van der Waals surface area contributed by atoms with Crippen LogP contribution >= 0.6 is 0 Å². The molecule has 1 aromatic carbocycles. The first-order valence-electron chi connectivity index (χ1n) is 12.6. The largest absolute Gasteiger partial charge is 0.381 e. The average Bonchev–Trinajstić information content (AvgIpc) is 3.29. The summed E-state index contributed by atoms with van der Waals surface area (Å²) in [6, 6.07) is 4.44. The Kier molecular flexibility index (Phi) is 6.44. The predicted octanol–water partition coefficient (Wildman–Crippen LogP) is 3.48. The molecule has 182 valence electrons. The van der Waals surface area contributed by atoms with Crippen molar-refractivity contribution in [3.8, 4) is 0 Å². The van der Waals surface area contributed by atoms with Gasteiger partial charge in [0, 0.05) is 49.8 Å². The van der Waals surface area contributed by atoms with Gasteiger partial charge in [-0.15, -0.1) is 0 Å². The molecule has 1 atom stereocenters. The first-order chi connectivity index (χ1) is 16.5. The number of H-pyrrole nitrogens is 1. The molecule has 1 N–H and O–H groups in total. The van der Waals surface area contributed by atoms with Crippen LogP contribution in [0.1, 0.15) is 61.5 Å². The van der Waals surface area contributed by atoms with E-state index in [-0.39, 0.29) is 17.5 Å². The number of carbonyl (C=O) groups is 1. The molecule has 4 heterocycles. The third kappa shape index (κ3) is 4.14. The molecular weight excluding hydrogens is 430 g/mol. The van der Waals surface area contributed by atoms with E-state index in [1.54, 1.807) is 6.20 Å². The molecule has 3 aromatic rings. The summed E-state index contributed by atoms with van der Waals surface area (Å²) >= 11 is 0. The Balaban J connectivity index is 1.52. The Bertz CT molecular complexity index is 1260. The van der Waals surface area contributed by atoms with E-state index < -0.39 is 0 Å². The molecule has 2 saturated heterocycles. The fraction of sp³-hybridized carbons (Fsp3) is 0.577. The molecule has 8 nitrogen and oxygen atoms in total. The van der Waals surface area contributed by atoms with Gasteiger partial charge in [0.1, 0.15) is 0 Å². The number of aryl methyl sites for hydroxylation is 1. The van der Waals surface area contributed by atoms with E-state index >= 15 is 0 Å². The summed E-state index contributed by atoms with van der Waals surface area (Å²) in [6.45, 7) is 11.2. The van der Waals surface area contributed by atoms with Crippen LogP contribution in [0.5, 0.6) is 0 Å². The second-order valence-electron chi connectivity index (χ2n) is 9.85. The van der Waals surface area contributed by atoms with Crippen LogP contribution in [0.25, 0.3) is 21.8 Å². The summed E-state index contributed by atoms with van der Waals surface area (Å²) in [4.78, 5) is 33.9. The number of benzene rings is 1. The molecule has 0 unspecified atom stereocenters. The lowest BCUT2D eigenvalue weighted by atomic mass is 10.0. The molecule has 5 rings (SSSR count). The van der Waals surface area contributed by atoms with Crippen LogP contribution in [0.4, 0.5) is 0 Å². The summed E-state index contributed by atoms with van der Waals surface area (Å²) in [5, 5.41) is 6.05. The number of aromatic nitrogens is 3. The summed E-state index contributed by atoms with van der Waals surface area (Å²) in [5.41, 5.74) is 3.01. The maximum absolute atomic E-state index is 13.7. The molecule has 0 saturated carbocycles. The number of nitrogens with zero attached hydrogens (tertiary/aromatic N) is 4. The Morgan fingerprint density at radius 3 is 2.74 bits per heavy atom. The van der Waals surface area contributed by atoms with E-state index in [0.29, 0.717) is 30.2 Å². The Morgan fingerprint density at radius 1 is 1.21 bits per heavy atom. The van der Waals surface area contributed by atoms with Gasteiger partial charge in [-0.05, 0) is 57.4 Å². The fourth-order valence-corrected chi connectivity index (χ4v) is 5.47. The Morgan fingerprint density at radius 2 is 2.00 bits per heavy atom. The van der Waals surface area contributed by atoms with Gasteiger partial charge >= 0.3 is 0 Å². The van der Waals surface area contributed by atoms with Crippen molar-refractivity contribution >= 4 is 27.7 Å². The summed E-state index contributed by atoms with van der Waals surface area (Å²) in [6.07, 6.45) is 5.76. The molecule has 2 aliphatic heterocycles. The Labute approximate surface area is 199 Å². The first kappa shape index (κ1) is 23.1. The van der Waals surface area contributed by atoms with Crippen LogP contribution in [0.3, 0.4) is 0 Å². The van der Waals surface area contributed by atoms with Crippen molar-refractivity contribution in [2.45, 2.75) is 58.5 Å². The van der Waals surface area contributed by atoms with Crippen molar-refractivity contribution in [3.05, 3.63) is 39.8 Å². The summed E-state index contributed by atoms with van der Waals surface area (Å²) in [5.74, 6) is 0.0675. The topological polar surface area (TPSA) is 83.5 Å². The molecule has 2 aromatic heterocycles.